The molecule has 0 saturated heterocycles. The van der Waals surface area contributed by atoms with Crippen LogP contribution in [0.4, 0.5) is 0 Å². The first kappa shape index (κ1) is 14.5. The van der Waals surface area contributed by atoms with Crippen LogP contribution in [0.5, 0.6) is 0 Å². The molecule has 5 nitrogen and oxygen atoms in total. The standard InChI is InChI=1S/C19H11BrN4O/c20-11-5-6-15-14(9-11)16-12-3-1-2-4-13(12)18(23-25)17(16)19(22-15)24-8-7-21-10-24/h1-10,18H. The molecule has 0 spiro atoms. The number of rotatable bonds is 2. The summed E-state index contributed by atoms with van der Waals surface area (Å²) in [6, 6.07) is 13.3. The molecule has 2 heterocycles. The third kappa shape index (κ3) is 2.01. The molecular weight excluding hydrogens is 380 g/mol. The predicted molar refractivity (Wildman–Crippen MR) is 99.6 cm³/mol. The third-order valence-corrected chi connectivity index (χ3v) is 5.11. The zero-order valence-corrected chi connectivity index (χ0v) is 14.5. The van der Waals surface area contributed by atoms with Gasteiger partial charge in [-0.1, -0.05) is 45.4 Å². The number of fused-ring (bicyclic) bond motifs is 5. The topological polar surface area (TPSA) is 60.1 Å². The van der Waals surface area contributed by atoms with Crippen LogP contribution >= 0.6 is 15.9 Å². The van der Waals surface area contributed by atoms with Gasteiger partial charge in [-0.25, -0.2) is 9.97 Å². The van der Waals surface area contributed by atoms with Crippen molar-refractivity contribution in [3.63, 3.8) is 0 Å². The molecule has 2 aromatic heterocycles. The fourth-order valence-electron chi connectivity index (χ4n) is 3.60. The summed E-state index contributed by atoms with van der Waals surface area (Å²) in [5.74, 6) is 0.697. The third-order valence-electron chi connectivity index (χ3n) is 4.62. The predicted octanol–water partition coefficient (Wildman–Crippen LogP) is 5.02. The second-order valence-corrected chi connectivity index (χ2v) is 6.87. The summed E-state index contributed by atoms with van der Waals surface area (Å²) in [6.07, 6.45) is 5.22. The van der Waals surface area contributed by atoms with E-state index in [1.54, 1.807) is 12.5 Å². The van der Waals surface area contributed by atoms with E-state index < -0.39 is 6.04 Å². The monoisotopic (exact) mass is 390 g/mol. The van der Waals surface area contributed by atoms with Crippen molar-refractivity contribution in [3.8, 4) is 16.9 Å². The molecule has 0 amide bonds. The van der Waals surface area contributed by atoms with Gasteiger partial charge in [0.1, 0.15) is 18.2 Å². The van der Waals surface area contributed by atoms with Gasteiger partial charge in [0.15, 0.2) is 0 Å². The van der Waals surface area contributed by atoms with Crippen molar-refractivity contribution in [2.45, 2.75) is 6.04 Å². The molecule has 0 aliphatic heterocycles. The first-order chi connectivity index (χ1) is 12.3. The molecular formula is C19H11BrN4O. The Morgan fingerprint density at radius 1 is 1.16 bits per heavy atom. The van der Waals surface area contributed by atoms with Gasteiger partial charge in [0, 0.05) is 33.4 Å². The molecule has 120 valence electrons. The molecule has 2 aromatic carbocycles. The number of halogens is 1. The lowest BCUT2D eigenvalue weighted by atomic mass is 10.0. The number of aromatic nitrogens is 3. The largest absolute Gasteiger partial charge is 0.290 e. The van der Waals surface area contributed by atoms with E-state index in [0.29, 0.717) is 5.82 Å². The Morgan fingerprint density at radius 3 is 2.84 bits per heavy atom. The van der Waals surface area contributed by atoms with Crippen LogP contribution in [0.3, 0.4) is 0 Å². The van der Waals surface area contributed by atoms with Crippen LogP contribution in [0.1, 0.15) is 17.2 Å². The summed E-state index contributed by atoms with van der Waals surface area (Å²) < 4.78 is 2.81. The molecule has 6 heteroatoms. The van der Waals surface area contributed by atoms with Crippen molar-refractivity contribution >= 4 is 26.8 Å². The highest BCUT2D eigenvalue weighted by Crippen LogP contribution is 2.50. The number of hydrogen-bond donors (Lipinski definition) is 0. The number of hydrogen-bond acceptors (Lipinski definition) is 4. The molecule has 1 unspecified atom stereocenters. The van der Waals surface area contributed by atoms with Gasteiger partial charge in [-0.05, 0) is 29.3 Å². The molecule has 4 aromatic rings. The molecule has 0 radical (unpaired) electrons. The molecule has 1 aliphatic rings. The maximum Gasteiger partial charge on any atom is 0.147 e. The Kier molecular flexibility index (Phi) is 3.08. The zero-order chi connectivity index (χ0) is 17.0. The Labute approximate surface area is 151 Å². The molecule has 25 heavy (non-hydrogen) atoms. The Balaban J connectivity index is 1.99. The van der Waals surface area contributed by atoms with Crippen LogP contribution < -0.4 is 0 Å². The quantitative estimate of drug-likeness (QED) is 0.451. The van der Waals surface area contributed by atoms with E-state index >= 15 is 0 Å². The first-order valence-corrected chi connectivity index (χ1v) is 8.60. The highest BCUT2D eigenvalue weighted by atomic mass is 79.9. The van der Waals surface area contributed by atoms with Crippen LogP contribution in [-0.2, 0) is 0 Å². The second-order valence-electron chi connectivity index (χ2n) is 5.95. The van der Waals surface area contributed by atoms with Gasteiger partial charge in [-0.2, -0.15) is 0 Å². The minimum absolute atomic E-state index is 0.570. The molecule has 1 aliphatic carbocycles. The summed E-state index contributed by atoms with van der Waals surface area (Å²) in [7, 11) is 0. The van der Waals surface area contributed by atoms with Crippen molar-refractivity contribution in [1.82, 2.24) is 14.5 Å². The first-order valence-electron chi connectivity index (χ1n) is 7.81. The SMILES string of the molecule is O=NC1c2ccccc2-c2c1c(-n1ccnc1)nc1ccc(Br)cc21. The normalized spacial score (nSPS) is 15.2. The van der Waals surface area contributed by atoms with Gasteiger partial charge in [0.2, 0.25) is 0 Å². The number of nitrogens with zero attached hydrogens (tertiary/aromatic N) is 4. The zero-order valence-electron chi connectivity index (χ0n) is 12.9. The molecule has 0 bridgehead atoms. The Morgan fingerprint density at radius 2 is 2.04 bits per heavy atom. The van der Waals surface area contributed by atoms with Gasteiger partial charge < -0.3 is 0 Å². The van der Waals surface area contributed by atoms with Crippen LogP contribution in [0.15, 0.2) is 70.8 Å². The average Bonchev–Trinajstić information content (AvgIpc) is 3.27. The summed E-state index contributed by atoms with van der Waals surface area (Å²) in [4.78, 5) is 20.7. The minimum atomic E-state index is -0.570. The molecule has 0 fully saturated rings. The molecule has 1 atom stereocenters. The Hall–Kier alpha value is -2.86. The summed E-state index contributed by atoms with van der Waals surface area (Å²) >= 11 is 3.54. The smallest absolute Gasteiger partial charge is 0.147 e. The van der Waals surface area contributed by atoms with Crippen molar-refractivity contribution in [1.29, 1.82) is 0 Å². The lowest BCUT2D eigenvalue weighted by Gasteiger charge is -2.14. The summed E-state index contributed by atoms with van der Waals surface area (Å²) in [5, 5.41) is 4.44. The van der Waals surface area contributed by atoms with Crippen LogP contribution in [0.2, 0.25) is 0 Å². The molecule has 0 N–H and O–H groups in total. The number of nitroso groups, excluding NO2 is 1. The van der Waals surface area contributed by atoms with E-state index in [2.05, 4.69) is 26.1 Å². The number of benzene rings is 2. The fraction of sp³-hybridized carbons (Fsp3) is 0.0526. The van der Waals surface area contributed by atoms with Crippen LogP contribution in [0.25, 0.3) is 27.8 Å². The molecule has 5 rings (SSSR count). The van der Waals surface area contributed by atoms with Gasteiger partial charge in [-0.15, -0.1) is 4.91 Å². The highest BCUT2D eigenvalue weighted by Gasteiger charge is 2.35. The Bertz CT molecular complexity index is 1140. The average molecular weight is 391 g/mol. The maximum absolute atomic E-state index is 11.7. The second kappa shape index (κ2) is 5.32. The maximum atomic E-state index is 11.7. The van der Waals surface area contributed by atoms with E-state index in [9.17, 15) is 4.91 Å². The van der Waals surface area contributed by atoms with Gasteiger partial charge in [-0.3, -0.25) is 4.57 Å². The van der Waals surface area contributed by atoms with Gasteiger partial charge in [0.25, 0.3) is 0 Å². The van der Waals surface area contributed by atoms with E-state index in [4.69, 9.17) is 4.98 Å². The molecule has 0 saturated carbocycles. The van der Waals surface area contributed by atoms with Gasteiger partial charge in [0.05, 0.1) is 5.52 Å². The fourth-order valence-corrected chi connectivity index (χ4v) is 3.96. The van der Waals surface area contributed by atoms with E-state index in [1.165, 1.54) is 0 Å². The van der Waals surface area contributed by atoms with E-state index in [1.807, 2.05) is 53.2 Å². The lowest BCUT2D eigenvalue weighted by Crippen LogP contribution is -2.04. The summed E-state index contributed by atoms with van der Waals surface area (Å²) in [5.41, 5.74) is 4.68. The highest BCUT2D eigenvalue weighted by molar-refractivity contribution is 9.10. The van der Waals surface area contributed by atoms with Crippen LogP contribution in [-0.4, -0.2) is 14.5 Å². The van der Waals surface area contributed by atoms with Crippen molar-refractivity contribution in [2.75, 3.05) is 0 Å². The van der Waals surface area contributed by atoms with Crippen molar-refractivity contribution < 1.29 is 0 Å². The van der Waals surface area contributed by atoms with E-state index in [-0.39, 0.29) is 0 Å². The van der Waals surface area contributed by atoms with Gasteiger partial charge >= 0.3 is 0 Å². The van der Waals surface area contributed by atoms with E-state index in [0.717, 1.165) is 37.6 Å². The summed E-state index contributed by atoms with van der Waals surface area (Å²) in [6.45, 7) is 0. The van der Waals surface area contributed by atoms with Crippen LogP contribution in [0, 0.1) is 4.91 Å². The number of pyridine rings is 1. The van der Waals surface area contributed by atoms with Crippen molar-refractivity contribution in [2.24, 2.45) is 5.18 Å². The minimum Gasteiger partial charge on any atom is -0.290 e. The number of imidazole rings is 1. The lowest BCUT2D eigenvalue weighted by molar-refractivity contribution is 0.856. The van der Waals surface area contributed by atoms with Crippen molar-refractivity contribution in [3.05, 3.63) is 81.7 Å².